The van der Waals surface area contributed by atoms with Crippen molar-refractivity contribution in [2.75, 3.05) is 14.7 Å². The van der Waals surface area contributed by atoms with E-state index in [1.165, 1.54) is 6.92 Å². The molecule has 0 atom stereocenters. The zero-order chi connectivity index (χ0) is 81.5. The van der Waals surface area contributed by atoms with Gasteiger partial charge in [0.05, 0.1) is 77.4 Å². The molecule has 356 valence electrons. The summed E-state index contributed by atoms with van der Waals surface area (Å²) in [5.74, 6) is 0. The van der Waals surface area contributed by atoms with Gasteiger partial charge in [-0.3, -0.25) is 0 Å². The topological polar surface area (TPSA) is 14.7 Å². The summed E-state index contributed by atoms with van der Waals surface area (Å²) in [6.07, 6.45) is 0. The number of rotatable bonds is 6. The molecule has 14 rings (SSSR count). The van der Waals surface area contributed by atoms with Crippen LogP contribution in [0.5, 0.6) is 0 Å². The van der Waals surface area contributed by atoms with Gasteiger partial charge in [-0.15, -0.1) is 0 Å². The van der Waals surface area contributed by atoms with Crippen molar-refractivity contribution in [3.8, 4) is 27.9 Å². The molecule has 10 aromatic carbocycles. The molecule has 0 N–H and O–H groups in total. The Morgan fingerprint density at radius 1 is 0.419 bits per heavy atom. The third-order valence-corrected chi connectivity index (χ3v) is 13.0. The number of anilines is 9. The Kier molecular flexibility index (Phi) is 4.56. The lowest BCUT2D eigenvalue weighted by molar-refractivity contribution is 0.590. The van der Waals surface area contributed by atoms with Gasteiger partial charge < -0.3 is 19.3 Å². The van der Waals surface area contributed by atoms with E-state index in [-0.39, 0.29) is 16.6 Å². The summed E-state index contributed by atoms with van der Waals surface area (Å²) in [4.78, 5) is 2.33. The van der Waals surface area contributed by atoms with Crippen LogP contribution in [0.4, 0.5) is 51.2 Å². The third-order valence-electron chi connectivity index (χ3n) is 13.0. The molecule has 11 aromatic rings. The number of nitrogens with zero attached hydrogens (tertiary/aromatic N) is 4. The molecule has 1 aromatic heterocycles. The minimum Gasteiger partial charge on any atom is -0.311 e. The van der Waals surface area contributed by atoms with Crippen LogP contribution in [-0.2, 0) is 10.8 Å². The van der Waals surface area contributed by atoms with Gasteiger partial charge in [-0.1, -0.05) is 181 Å². The van der Waals surface area contributed by atoms with Crippen molar-refractivity contribution in [3.05, 3.63) is 234 Å². The second kappa shape index (κ2) is 16.2. The molecule has 5 heteroatoms. The van der Waals surface area contributed by atoms with E-state index in [1.54, 1.807) is 41.5 Å². The first kappa shape index (κ1) is 20.8. The average Bonchev–Trinajstić information content (AvgIpc) is 1.16. The summed E-state index contributed by atoms with van der Waals surface area (Å²) >= 11 is 0. The molecule has 74 heavy (non-hydrogen) atoms. The van der Waals surface area contributed by atoms with Gasteiger partial charge in [0.15, 0.2) is 0 Å². The highest BCUT2D eigenvalue weighted by atomic mass is 15.2. The Balaban J connectivity index is 1.22. The highest BCUT2D eigenvalue weighted by Crippen LogP contribution is 2.53. The predicted molar refractivity (Wildman–Crippen MR) is 316 cm³/mol. The standard InChI is InChI=1S/C69H57BN4/c1-44-41-63-65-64(42-44)74-60-21-13-18-56-55-17-11-12-20-59(55)73(66(56)60)61-22-14-19-58(67(61)74)70(65)57-40-39-54(71(51-35-29-49(30-36-51)68(2,3)4)52-37-31-50(32-38-52)69(5,6)7)43-62(57)72(63)53-33-27-48(28-34-53)47-25-23-46(24-26-47)45-15-9-8-10-16-45/h8-43H,1-7H3/i8D,9D,10D,11D,12D,13D,14D,15D,16D,17D,18D,19D,20D,21D,22D,23D,24D,25D,26D,27D,28D,29D,30D,31D,32D,33D,34D,35D,36D,37D,38D,39D,40D,41D,42D,43D. The van der Waals surface area contributed by atoms with Gasteiger partial charge >= 0.3 is 0 Å². The van der Waals surface area contributed by atoms with Crippen molar-refractivity contribution in [2.24, 2.45) is 0 Å². The zero-order valence-corrected chi connectivity index (χ0v) is 40.4. The highest BCUT2D eigenvalue weighted by Gasteiger charge is 2.46. The molecule has 0 spiro atoms. The minimum absolute atomic E-state index is 0.195. The summed E-state index contributed by atoms with van der Waals surface area (Å²) in [6.45, 7) is 8.52. The molecule has 0 unspecified atom stereocenters. The Labute approximate surface area is 486 Å². The van der Waals surface area contributed by atoms with Crippen molar-refractivity contribution in [3.63, 3.8) is 0 Å². The van der Waals surface area contributed by atoms with Crippen LogP contribution < -0.4 is 31.1 Å². The number of hydrogen-bond acceptors (Lipinski definition) is 3. The smallest absolute Gasteiger partial charge is 0.252 e. The van der Waals surface area contributed by atoms with Crippen molar-refractivity contribution >= 4 is 96.1 Å². The summed E-state index contributed by atoms with van der Waals surface area (Å²) in [6, 6.07) is -34.5. The Bertz CT molecular complexity index is 6030. The monoisotopic (exact) mass is 989 g/mol. The van der Waals surface area contributed by atoms with Gasteiger partial charge in [-0.25, -0.2) is 0 Å². The second-order valence-corrected chi connectivity index (χ2v) is 19.8. The lowest BCUT2D eigenvalue weighted by Gasteiger charge is -2.46. The fourth-order valence-electron chi connectivity index (χ4n) is 9.60. The third kappa shape index (κ3) is 6.76. The van der Waals surface area contributed by atoms with Gasteiger partial charge in [0, 0.05) is 50.6 Å². The van der Waals surface area contributed by atoms with Gasteiger partial charge in [-0.05, 0) is 152 Å². The molecular weight excluding hydrogens is 896 g/mol. The molecule has 0 amide bonds. The van der Waals surface area contributed by atoms with Crippen molar-refractivity contribution < 1.29 is 49.3 Å². The lowest BCUT2D eigenvalue weighted by atomic mass is 9.33. The summed E-state index contributed by atoms with van der Waals surface area (Å²) in [5, 5.41) is -0.818. The SMILES string of the molecule is [2H]c1c([2H])c([2H])c(-c2c([2H])c([2H])c(-c3c([2H])c([2H])c(N4c5c([2H])c(N(c6c([2H])c([2H])c(C(C)(C)C)c([2H])c6[2H])c6c([2H])c([2H])c(C(C)(C)C)c([2H])c6[2H])c([2H])c([2H])c5B5c6c4c([2H])c(C)c([2H])c6N4c6c5c([2H])c([2H])c([2H])c6-n5c6c([2H])c([2H])c([2H])c([2H])c6c6c([2H])c([2H])c([2H])c4c65)c([2H])c3[2H])c([2H])c2[2H])c([2H])c1[2H]. The number of fused-ring (bicyclic) bond motifs is 9. The fraction of sp³-hybridized carbons (Fsp3) is 0.130. The largest absolute Gasteiger partial charge is 0.311 e. The van der Waals surface area contributed by atoms with Gasteiger partial charge in [0.2, 0.25) is 0 Å². The van der Waals surface area contributed by atoms with Crippen LogP contribution in [0.15, 0.2) is 218 Å². The normalized spacial score (nSPS) is 20.1. The van der Waals surface area contributed by atoms with E-state index in [2.05, 4.69) is 0 Å². The van der Waals surface area contributed by atoms with Crippen LogP contribution in [0.25, 0.3) is 49.7 Å². The van der Waals surface area contributed by atoms with E-state index in [9.17, 15) is 39.8 Å². The molecule has 0 bridgehead atoms. The average molecular weight is 989 g/mol. The van der Waals surface area contributed by atoms with Crippen molar-refractivity contribution in [1.29, 1.82) is 0 Å². The first-order valence-electron chi connectivity index (χ1n) is 41.3. The van der Waals surface area contributed by atoms with Gasteiger partial charge in [0.25, 0.3) is 6.71 Å². The molecule has 3 aliphatic heterocycles. The number of para-hydroxylation sites is 3. The molecule has 3 aliphatic rings. The Hall–Kier alpha value is -8.54. The van der Waals surface area contributed by atoms with Crippen LogP contribution in [-0.4, -0.2) is 11.3 Å². The summed E-state index contributed by atoms with van der Waals surface area (Å²) < 4.78 is 348. The Morgan fingerprint density at radius 2 is 0.946 bits per heavy atom. The summed E-state index contributed by atoms with van der Waals surface area (Å²) in [5.41, 5.74) is -17.2. The molecule has 0 saturated carbocycles. The van der Waals surface area contributed by atoms with Crippen LogP contribution in [0.3, 0.4) is 0 Å². The highest BCUT2D eigenvalue weighted by molar-refractivity contribution is 7.00. The molecular formula is C69H57BN4. The number of aromatic nitrogens is 1. The second-order valence-electron chi connectivity index (χ2n) is 19.8. The molecule has 0 saturated heterocycles. The van der Waals surface area contributed by atoms with E-state index in [0.717, 1.165) is 9.47 Å². The summed E-state index contributed by atoms with van der Waals surface area (Å²) in [7, 11) is 0. The zero-order valence-electron chi connectivity index (χ0n) is 76.4. The first-order valence-corrected chi connectivity index (χ1v) is 23.3. The molecule has 0 radical (unpaired) electrons. The first-order chi connectivity index (χ1) is 50.9. The van der Waals surface area contributed by atoms with Gasteiger partial charge in [0.1, 0.15) is 0 Å². The van der Waals surface area contributed by atoms with Crippen LogP contribution >= 0.6 is 0 Å². The quantitative estimate of drug-likeness (QED) is 0.154. The van der Waals surface area contributed by atoms with Crippen LogP contribution in [0, 0.1) is 6.92 Å². The maximum absolute atomic E-state index is 11.1. The number of hydrogen-bond donors (Lipinski definition) is 0. The van der Waals surface area contributed by atoms with Gasteiger partial charge in [-0.2, -0.15) is 0 Å². The molecule has 0 aliphatic carbocycles. The Morgan fingerprint density at radius 3 is 1.58 bits per heavy atom. The maximum atomic E-state index is 11.1. The van der Waals surface area contributed by atoms with Crippen LogP contribution in [0.1, 0.15) is 108 Å². The fourth-order valence-corrected chi connectivity index (χ4v) is 9.60. The van der Waals surface area contributed by atoms with Crippen molar-refractivity contribution in [1.82, 2.24) is 4.57 Å². The van der Waals surface area contributed by atoms with E-state index in [4.69, 9.17) is 9.60 Å². The lowest BCUT2D eigenvalue weighted by Crippen LogP contribution is -2.61. The van der Waals surface area contributed by atoms with Crippen molar-refractivity contribution in [2.45, 2.75) is 59.3 Å². The maximum Gasteiger partial charge on any atom is 0.252 e. The minimum atomic E-state index is -2.13. The predicted octanol–water partition coefficient (Wildman–Crippen LogP) is 16.9. The molecule has 4 heterocycles. The molecule has 0 fully saturated rings. The van der Waals surface area contributed by atoms with E-state index in [0.29, 0.717) is 9.80 Å². The number of benzene rings is 10. The van der Waals surface area contributed by atoms with Crippen LogP contribution in [0.2, 0.25) is 0 Å². The molecule has 4 nitrogen and oxygen atoms in total. The van der Waals surface area contributed by atoms with E-state index >= 15 is 0 Å². The van der Waals surface area contributed by atoms with E-state index in [1.807, 2.05) is 0 Å². The van der Waals surface area contributed by atoms with E-state index < -0.39 is 352 Å².